The molecule has 1 aromatic rings. The van der Waals surface area contributed by atoms with Crippen LogP contribution in [0.1, 0.15) is 32.0 Å². The number of aromatic nitrogens is 1. The molecule has 1 heterocycles. The van der Waals surface area contributed by atoms with Crippen molar-refractivity contribution in [2.24, 2.45) is 11.7 Å². The average molecular weight is 182 g/mol. The molecule has 0 bridgehead atoms. The Morgan fingerprint density at radius 3 is 2.69 bits per heavy atom. The summed E-state index contributed by atoms with van der Waals surface area (Å²) in [6, 6.07) is 2.95. The SMILES string of the molecule is CCC(C)C(N)c1ccc(F)cn1. The first-order chi connectivity index (χ1) is 6.15. The van der Waals surface area contributed by atoms with Crippen molar-refractivity contribution in [3.05, 3.63) is 29.8 Å². The summed E-state index contributed by atoms with van der Waals surface area (Å²) in [4.78, 5) is 3.95. The third-order valence-electron chi connectivity index (χ3n) is 2.35. The predicted octanol–water partition coefficient (Wildman–Crippen LogP) is 2.27. The number of hydrogen-bond donors (Lipinski definition) is 1. The molecule has 0 fully saturated rings. The van der Waals surface area contributed by atoms with Crippen molar-refractivity contribution in [2.45, 2.75) is 26.3 Å². The zero-order chi connectivity index (χ0) is 9.84. The monoisotopic (exact) mass is 182 g/mol. The molecular formula is C10H15FN2. The second kappa shape index (κ2) is 4.33. The van der Waals surface area contributed by atoms with E-state index in [0.717, 1.165) is 12.1 Å². The van der Waals surface area contributed by atoms with Gasteiger partial charge in [0.1, 0.15) is 5.82 Å². The van der Waals surface area contributed by atoms with Gasteiger partial charge in [-0.05, 0) is 18.1 Å². The van der Waals surface area contributed by atoms with E-state index in [-0.39, 0.29) is 11.9 Å². The highest BCUT2D eigenvalue weighted by molar-refractivity contribution is 5.09. The van der Waals surface area contributed by atoms with Crippen molar-refractivity contribution < 1.29 is 4.39 Å². The van der Waals surface area contributed by atoms with Crippen LogP contribution in [0.5, 0.6) is 0 Å². The fourth-order valence-corrected chi connectivity index (χ4v) is 1.13. The third-order valence-corrected chi connectivity index (χ3v) is 2.35. The molecule has 2 unspecified atom stereocenters. The van der Waals surface area contributed by atoms with Crippen LogP contribution in [0.25, 0.3) is 0 Å². The number of halogens is 1. The lowest BCUT2D eigenvalue weighted by Crippen LogP contribution is -2.19. The highest BCUT2D eigenvalue weighted by atomic mass is 19.1. The first kappa shape index (κ1) is 10.1. The van der Waals surface area contributed by atoms with Crippen molar-refractivity contribution in [2.75, 3.05) is 0 Å². The Hall–Kier alpha value is -0.960. The average Bonchev–Trinajstić information content (AvgIpc) is 2.17. The molecule has 0 aliphatic rings. The maximum Gasteiger partial charge on any atom is 0.141 e. The minimum Gasteiger partial charge on any atom is -0.322 e. The van der Waals surface area contributed by atoms with E-state index in [0.29, 0.717) is 5.92 Å². The summed E-state index contributed by atoms with van der Waals surface area (Å²) in [6.07, 6.45) is 2.21. The molecule has 0 aromatic carbocycles. The number of pyridine rings is 1. The van der Waals surface area contributed by atoms with Crippen molar-refractivity contribution in [1.29, 1.82) is 0 Å². The molecular weight excluding hydrogens is 167 g/mol. The van der Waals surface area contributed by atoms with E-state index < -0.39 is 0 Å². The molecule has 1 aromatic heterocycles. The lowest BCUT2D eigenvalue weighted by molar-refractivity contribution is 0.447. The van der Waals surface area contributed by atoms with Crippen molar-refractivity contribution in [3.63, 3.8) is 0 Å². The van der Waals surface area contributed by atoms with E-state index in [1.165, 1.54) is 12.3 Å². The van der Waals surface area contributed by atoms with Crippen molar-refractivity contribution in [1.82, 2.24) is 4.98 Å². The molecule has 0 aliphatic heterocycles. The summed E-state index contributed by atoms with van der Waals surface area (Å²) >= 11 is 0. The standard InChI is InChI=1S/C10H15FN2/c1-3-7(2)10(12)9-5-4-8(11)6-13-9/h4-7,10H,3,12H2,1-2H3. The van der Waals surface area contributed by atoms with E-state index in [1.54, 1.807) is 6.07 Å². The maximum absolute atomic E-state index is 12.5. The van der Waals surface area contributed by atoms with Gasteiger partial charge in [0.2, 0.25) is 0 Å². The van der Waals surface area contributed by atoms with Crippen LogP contribution in [0.3, 0.4) is 0 Å². The van der Waals surface area contributed by atoms with E-state index in [9.17, 15) is 4.39 Å². The highest BCUT2D eigenvalue weighted by Crippen LogP contribution is 2.19. The van der Waals surface area contributed by atoms with Crippen molar-refractivity contribution >= 4 is 0 Å². The van der Waals surface area contributed by atoms with Gasteiger partial charge in [-0.1, -0.05) is 20.3 Å². The summed E-state index contributed by atoms with van der Waals surface area (Å²) < 4.78 is 12.5. The predicted molar refractivity (Wildman–Crippen MR) is 50.6 cm³/mol. The number of nitrogens with zero attached hydrogens (tertiary/aromatic N) is 1. The second-order valence-corrected chi connectivity index (χ2v) is 3.31. The first-order valence-corrected chi connectivity index (χ1v) is 4.52. The minimum absolute atomic E-state index is 0.0920. The molecule has 1 rings (SSSR count). The van der Waals surface area contributed by atoms with Gasteiger partial charge in [-0.3, -0.25) is 4.98 Å². The summed E-state index contributed by atoms with van der Waals surface area (Å²) in [5.74, 6) is 0.0538. The van der Waals surface area contributed by atoms with Gasteiger partial charge in [0.25, 0.3) is 0 Å². The lowest BCUT2D eigenvalue weighted by Gasteiger charge is -2.17. The Kier molecular flexibility index (Phi) is 3.37. The van der Waals surface area contributed by atoms with Gasteiger partial charge in [-0.25, -0.2) is 4.39 Å². The van der Waals surface area contributed by atoms with Crippen LogP contribution in [0.2, 0.25) is 0 Å². The molecule has 0 saturated carbocycles. The zero-order valence-corrected chi connectivity index (χ0v) is 8.00. The normalized spacial score (nSPS) is 15.4. The van der Waals surface area contributed by atoms with Gasteiger partial charge in [-0.15, -0.1) is 0 Å². The molecule has 0 saturated heterocycles. The first-order valence-electron chi connectivity index (χ1n) is 4.52. The Morgan fingerprint density at radius 1 is 1.54 bits per heavy atom. The number of nitrogens with two attached hydrogens (primary N) is 1. The van der Waals surface area contributed by atoms with E-state index in [1.807, 2.05) is 0 Å². The van der Waals surface area contributed by atoms with Gasteiger partial charge in [0.15, 0.2) is 0 Å². The van der Waals surface area contributed by atoms with E-state index in [2.05, 4.69) is 18.8 Å². The van der Waals surface area contributed by atoms with Crippen molar-refractivity contribution in [3.8, 4) is 0 Å². The number of hydrogen-bond acceptors (Lipinski definition) is 2. The molecule has 0 aliphatic carbocycles. The maximum atomic E-state index is 12.5. The molecule has 13 heavy (non-hydrogen) atoms. The van der Waals surface area contributed by atoms with Gasteiger partial charge in [-0.2, -0.15) is 0 Å². The molecule has 72 valence electrons. The fraction of sp³-hybridized carbons (Fsp3) is 0.500. The van der Waals surface area contributed by atoms with Gasteiger partial charge >= 0.3 is 0 Å². The van der Waals surface area contributed by atoms with Crippen LogP contribution < -0.4 is 5.73 Å². The third kappa shape index (κ3) is 2.49. The molecule has 2 nitrogen and oxygen atoms in total. The van der Waals surface area contributed by atoms with Crippen LogP contribution in [0, 0.1) is 11.7 Å². The summed E-state index contributed by atoms with van der Waals surface area (Å²) in [6.45, 7) is 4.14. The summed E-state index contributed by atoms with van der Waals surface area (Å²) in [7, 11) is 0. The van der Waals surface area contributed by atoms with Crippen LogP contribution in [-0.4, -0.2) is 4.98 Å². The highest BCUT2D eigenvalue weighted by Gasteiger charge is 2.13. The molecule has 0 amide bonds. The number of rotatable bonds is 3. The van der Waals surface area contributed by atoms with Crippen LogP contribution in [0.15, 0.2) is 18.3 Å². The fourth-order valence-electron chi connectivity index (χ4n) is 1.13. The topological polar surface area (TPSA) is 38.9 Å². The van der Waals surface area contributed by atoms with Crippen LogP contribution >= 0.6 is 0 Å². The van der Waals surface area contributed by atoms with Gasteiger partial charge in [0, 0.05) is 6.04 Å². The molecule has 2 atom stereocenters. The second-order valence-electron chi connectivity index (χ2n) is 3.31. The largest absolute Gasteiger partial charge is 0.322 e. The smallest absolute Gasteiger partial charge is 0.141 e. The minimum atomic E-state index is -0.319. The quantitative estimate of drug-likeness (QED) is 0.778. The zero-order valence-electron chi connectivity index (χ0n) is 8.00. The Bertz CT molecular complexity index is 258. The summed E-state index contributed by atoms with van der Waals surface area (Å²) in [5, 5.41) is 0. The Balaban J connectivity index is 2.77. The van der Waals surface area contributed by atoms with Crippen LogP contribution in [0.4, 0.5) is 4.39 Å². The Labute approximate surface area is 78.0 Å². The molecule has 3 heteroatoms. The van der Waals surface area contributed by atoms with Crippen LogP contribution in [-0.2, 0) is 0 Å². The summed E-state index contributed by atoms with van der Waals surface area (Å²) in [5.41, 5.74) is 6.67. The van der Waals surface area contributed by atoms with E-state index in [4.69, 9.17) is 5.73 Å². The molecule has 0 radical (unpaired) electrons. The molecule has 0 spiro atoms. The Morgan fingerprint density at radius 2 is 2.23 bits per heavy atom. The van der Waals surface area contributed by atoms with Gasteiger partial charge in [0.05, 0.1) is 11.9 Å². The lowest BCUT2D eigenvalue weighted by atomic mass is 9.97. The van der Waals surface area contributed by atoms with Gasteiger partial charge < -0.3 is 5.73 Å². The molecule has 2 N–H and O–H groups in total. The van der Waals surface area contributed by atoms with E-state index >= 15 is 0 Å².